The van der Waals surface area contributed by atoms with Gasteiger partial charge in [-0.2, -0.15) is 0 Å². The minimum atomic E-state index is 0. The van der Waals surface area contributed by atoms with E-state index in [2.05, 4.69) is 0 Å². The van der Waals surface area contributed by atoms with E-state index in [1.807, 2.05) is 0 Å². The van der Waals surface area contributed by atoms with Gasteiger partial charge in [-0.05, 0) is 0 Å². The molecule has 4 heteroatoms. The number of rotatable bonds is 0. The van der Waals surface area contributed by atoms with E-state index < -0.39 is 0 Å². The van der Waals surface area contributed by atoms with E-state index in [0.29, 0.717) is 0 Å². The van der Waals surface area contributed by atoms with Gasteiger partial charge in [-0.3, -0.25) is 0 Å². The van der Waals surface area contributed by atoms with Crippen molar-refractivity contribution in [2.45, 2.75) is 0 Å². The molecule has 0 saturated heterocycles. The summed E-state index contributed by atoms with van der Waals surface area (Å²) >= 11 is 0. The van der Waals surface area contributed by atoms with Crippen molar-refractivity contribution >= 4 is 37.7 Å². The van der Waals surface area contributed by atoms with E-state index in [4.69, 9.17) is 0 Å². The van der Waals surface area contributed by atoms with E-state index in [9.17, 15) is 0 Å². The summed E-state index contributed by atoms with van der Waals surface area (Å²) in [5, 5.41) is 0. The van der Waals surface area contributed by atoms with Gasteiger partial charge >= 0.3 is 37.7 Å². The first-order valence-electron chi connectivity index (χ1n) is 0. The van der Waals surface area contributed by atoms with Crippen molar-refractivity contribution in [3.63, 3.8) is 0 Å². The topological polar surface area (TPSA) is 0 Å². The zero-order valence-electron chi connectivity index (χ0n) is 1.03. The Kier molecular flexibility index (Phi) is 125. The standard InChI is InChI=1S/Ca.Co.Mn.Ni.2H. The maximum Gasteiger partial charge on any atom is 0 e. The Balaban J connectivity index is 0. The third-order valence-electron chi connectivity index (χ3n) is 0. The Morgan fingerprint density at radius 1 is 1.00 bits per heavy atom. The van der Waals surface area contributed by atoms with E-state index in [1.165, 1.54) is 0 Å². The van der Waals surface area contributed by atoms with Crippen LogP contribution in [0.2, 0.25) is 0 Å². The van der Waals surface area contributed by atoms with Crippen molar-refractivity contribution in [2.75, 3.05) is 0 Å². The Morgan fingerprint density at radius 3 is 1.00 bits per heavy atom. The van der Waals surface area contributed by atoms with Gasteiger partial charge in [0, 0.05) is 50.3 Å². The van der Waals surface area contributed by atoms with E-state index in [0.717, 1.165) is 0 Å². The number of hydrogen-bond acceptors (Lipinski definition) is 0. The Hall–Kier alpha value is 2.78. The van der Waals surface area contributed by atoms with Crippen LogP contribution in [0.1, 0.15) is 0 Å². The van der Waals surface area contributed by atoms with Crippen molar-refractivity contribution in [1.82, 2.24) is 0 Å². The molecule has 0 bridgehead atoms. The molecular weight excluding hydrogens is 213 g/mol. The van der Waals surface area contributed by atoms with Crippen molar-refractivity contribution in [3.8, 4) is 0 Å². The van der Waals surface area contributed by atoms with Gasteiger partial charge in [0.2, 0.25) is 0 Å². The van der Waals surface area contributed by atoms with Crippen LogP contribution in [-0.2, 0) is 50.3 Å². The average molecular weight is 215 g/mol. The van der Waals surface area contributed by atoms with Gasteiger partial charge in [0.25, 0.3) is 0 Å². The van der Waals surface area contributed by atoms with Gasteiger partial charge in [0.05, 0.1) is 0 Å². The van der Waals surface area contributed by atoms with Crippen LogP contribution in [0.5, 0.6) is 0 Å². The van der Waals surface area contributed by atoms with Crippen LogP contribution in [-0.4, -0.2) is 37.7 Å². The van der Waals surface area contributed by atoms with Crippen molar-refractivity contribution in [2.24, 2.45) is 0 Å². The molecule has 0 aromatic carbocycles. The monoisotopic (exact) mass is 214 g/mol. The molecule has 0 heterocycles. The summed E-state index contributed by atoms with van der Waals surface area (Å²) in [4.78, 5) is 0. The average Bonchev–Trinajstić information content (AvgIpc) is 0. The van der Waals surface area contributed by atoms with Crippen molar-refractivity contribution < 1.29 is 50.3 Å². The minimum absolute atomic E-state index is 0. The molecule has 4 heavy (non-hydrogen) atoms. The Labute approximate surface area is 86.4 Å². The van der Waals surface area contributed by atoms with E-state index in [1.54, 1.807) is 0 Å². The maximum absolute atomic E-state index is 0. The van der Waals surface area contributed by atoms with Gasteiger partial charge in [-0.15, -0.1) is 0 Å². The molecule has 0 aliphatic carbocycles. The fourth-order valence-electron chi connectivity index (χ4n) is 0. The summed E-state index contributed by atoms with van der Waals surface area (Å²) < 4.78 is 0. The SMILES string of the molecule is [CaH2].[Co].[Mn].[Ni]. The molecule has 0 aromatic heterocycles. The fraction of sp³-hybridized carbons (Fsp3) is 0. The second-order valence-corrected chi connectivity index (χ2v) is 0. The van der Waals surface area contributed by atoms with Gasteiger partial charge in [0.1, 0.15) is 0 Å². The third-order valence-corrected chi connectivity index (χ3v) is 0. The molecule has 0 unspecified atom stereocenters. The summed E-state index contributed by atoms with van der Waals surface area (Å²) in [5.74, 6) is 0. The molecular formula is H2CaCoMnNi. The predicted molar refractivity (Wildman–Crippen MR) is 8.54 cm³/mol. The van der Waals surface area contributed by atoms with E-state index in [-0.39, 0.29) is 88.1 Å². The van der Waals surface area contributed by atoms with Crippen LogP contribution in [0.4, 0.5) is 0 Å². The molecule has 0 aliphatic heterocycles. The van der Waals surface area contributed by atoms with Gasteiger partial charge < -0.3 is 0 Å². The van der Waals surface area contributed by atoms with Crippen LogP contribution in [0.25, 0.3) is 0 Å². The fourth-order valence-corrected chi connectivity index (χ4v) is 0. The van der Waals surface area contributed by atoms with Crippen molar-refractivity contribution in [3.05, 3.63) is 0 Å². The second kappa shape index (κ2) is 17.1. The molecule has 0 N–H and O–H groups in total. The molecule has 0 atom stereocenters. The molecule has 0 rings (SSSR count). The molecule has 0 aliphatic rings. The second-order valence-electron chi connectivity index (χ2n) is 0. The third kappa shape index (κ3) is 8.84. The molecule has 0 fully saturated rings. The normalized spacial score (nSPS) is 0. The quantitative estimate of drug-likeness (QED) is 0.458. The minimum Gasteiger partial charge on any atom is 0 e. The van der Waals surface area contributed by atoms with Gasteiger partial charge in [-0.1, -0.05) is 0 Å². The van der Waals surface area contributed by atoms with Crippen LogP contribution in [0.3, 0.4) is 0 Å². The summed E-state index contributed by atoms with van der Waals surface area (Å²) in [6.45, 7) is 0. The summed E-state index contributed by atoms with van der Waals surface area (Å²) in [6.07, 6.45) is 0. The molecule has 0 spiro atoms. The maximum atomic E-state index is 0. The smallest absolute Gasteiger partial charge is 0 e. The van der Waals surface area contributed by atoms with Gasteiger partial charge in [0.15, 0.2) is 0 Å². The molecule has 2 radical (unpaired) electrons. The molecule has 0 aromatic rings. The molecule has 0 nitrogen and oxygen atoms in total. The Bertz CT molecular complexity index is 8.00. The zero-order valence-corrected chi connectivity index (χ0v) is 4.24. The number of hydrogen-bond donors (Lipinski definition) is 0. The van der Waals surface area contributed by atoms with Crippen molar-refractivity contribution in [1.29, 1.82) is 0 Å². The van der Waals surface area contributed by atoms with Gasteiger partial charge in [-0.25, -0.2) is 0 Å². The summed E-state index contributed by atoms with van der Waals surface area (Å²) in [5.41, 5.74) is 0. The van der Waals surface area contributed by atoms with Crippen LogP contribution >= 0.6 is 0 Å². The van der Waals surface area contributed by atoms with Crippen LogP contribution in [0, 0.1) is 0 Å². The first kappa shape index (κ1) is 29.3. The summed E-state index contributed by atoms with van der Waals surface area (Å²) in [7, 11) is 0. The zero-order chi connectivity index (χ0) is 0. The molecule has 0 saturated carbocycles. The van der Waals surface area contributed by atoms with E-state index >= 15 is 0 Å². The first-order valence-corrected chi connectivity index (χ1v) is 0. The Morgan fingerprint density at radius 2 is 1.00 bits per heavy atom. The molecule has 30 valence electrons. The van der Waals surface area contributed by atoms with Crippen LogP contribution in [0.15, 0.2) is 0 Å². The predicted octanol–water partition coefficient (Wildman–Crippen LogP) is -0.924. The largest absolute Gasteiger partial charge is 0 e. The van der Waals surface area contributed by atoms with Crippen LogP contribution < -0.4 is 0 Å². The first-order chi connectivity index (χ1) is 0. The molecule has 0 amide bonds. The summed E-state index contributed by atoms with van der Waals surface area (Å²) in [6, 6.07) is 0.